The van der Waals surface area contributed by atoms with Gasteiger partial charge in [0.2, 0.25) is 11.8 Å². The van der Waals surface area contributed by atoms with Gasteiger partial charge in [0, 0.05) is 12.8 Å². The number of hydrogen-bond acceptors (Lipinski definition) is 9. The van der Waals surface area contributed by atoms with Gasteiger partial charge in [-0.25, -0.2) is 4.79 Å². The Bertz CT molecular complexity index is 1290. The smallest absolute Gasteiger partial charge is 0.328 e. The van der Waals surface area contributed by atoms with Crippen LogP contribution < -0.4 is 15.4 Å². The summed E-state index contributed by atoms with van der Waals surface area (Å²) in [5, 5.41) is 14.6. The van der Waals surface area contributed by atoms with E-state index in [-0.39, 0.29) is 31.4 Å². The molecule has 3 rings (SSSR count). The number of hydrogen-bond donors (Lipinski definition) is 3. The number of imide groups is 1. The van der Waals surface area contributed by atoms with E-state index in [4.69, 9.17) is 14.2 Å². The highest BCUT2D eigenvalue weighted by molar-refractivity contribution is 14.1. The van der Waals surface area contributed by atoms with Gasteiger partial charge < -0.3 is 24.6 Å². The first-order valence-corrected chi connectivity index (χ1v) is 15.4. The lowest BCUT2D eigenvalue weighted by Crippen LogP contribution is -2.43. The second kappa shape index (κ2) is 14.4. The van der Waals surface area contributed by atoms with Crippen molar-refractivity contribution in [2.24, 2.45) is 0 Å². The second-order valence-electron chi connectivity index (χ2n) is 8.17. The average molecular weight is 988 g/mol. The van der Waals surface area contributed by atoms with Gasteiger partial charge in [-0.05, 0) is 120 Å². The van der Waals surface area contributed by atoms with Crippen LogP contribution in [0.2, 0.25) is 0 Å². The number of esters is 2. The summed E-state index contributed by atoms with van der Waals surface area (Å²) in [7, 11) is 1.21. The third kappa shape index (κ3) is 9.00. The van der Waals surface area contributed by atoms with Gasteiger partial charge in [0.15, 0.2) is 11.9 Å². The maximum atomic E-state index is 12.5. The molecule has 1 saturated heterocycles. The highest BCUT2D eigenvalue weighted by Crippen LogP contribution is 2.37. The molecule has 0 saturated carbocycles. The fraction of sp³-hybridized carbons (Fsp3) is 0.292. The van der Waals surface area contributed by atoms with Crippen LogP contribution in [0.1, 0.15) is 24.8 Å². The van der Waals surface area contributed by atoms with Crippen LogP contribution in [0.4, 0.5) is 0 Å². The lowest BCUT2D eigenvalue weighted by molar-refractivity contribution is -0.154. The second-order valence-corrected chi connectivity index (χ2v) is 12.8. The zero-order valence-electron chi connectivity index (χ0n) is 20.0. The summed E-state index contributed by atoms with van der Waals surface area (Å²) in [5.41, 5.74) is 0.734. The lowest BCUT2D eigenvalue weighted by atomic mass is 10.1. The summed E-state index contributed by atoms with van der Waals surface area (Å²) < 4.78 is 18.7. The molecule has 2 aromatic carbocycles. The number of halogens is 4. The van der Waals surface area contributed by atoms with Crippen LogP contribution in [0.15, 0.2) is 24.3 Å². The molecule has 39 heavy (non-hydrogen) atoms. The van der Waals surface area contributed by atoms with Crippen molar-refractivity contribution in [3.05, 3.63) is 44.1 Å². The van der Waals surface area contributed by atoms with Gasteiger partial charge in [-0.2, -0.15) is 0 Å². The topological polar surface area (TPSA) is 157 Å². The number of carbonyl (C=O) groups is 5. The van der Waals surface area contributed by atoms with Crippen molar-refractivity contribution in [3.63, 3.8) is 0 Å². The van der Waals surface area contributed by atoms with Gasteiger partial charge in [0.1, 0.15) is 17.5 Å². The number of nitrogens with one attached hydrogen (secondary N) is 2. The molecule has 0 radical (unpaired) electrons. The SMILES string of the molecule is COC(=O)[C@H](Cc1cc(I)c(Oc2cc(I)c(O)c(I)c2)c(I)c1)NC(=O)CCC(=O)OC1CC(=O)NC1=O. The molecule has 208 valence electrons. The van der Waals surface area contributed by atoms with E-state index in [0.29, 0.717) is 18.6 Å². The lowest BCUT2D eigenvalue weighted by Gasteiger charge is -2.18. The van der Waals surface area contributed by atoms with Crippen molar-refractivity contribution in [2.45, 2.75) is 37.8 Å². The van der Waals surface area contributed by atoms with E-state index in [9.17, 15) is 29.1 Å². The van der Waals surface area contributed by atoms with Crippen LogP contribution >= 0.6 is 90.4 Å². The molecule has 1 heterocycles. The van der Waals surface area contributed by atoms with Gasteiger partial charge in [-0.1, -0.05) is 0 Å². The predicted molar refractivity (Wildman–Crippen MR) is 170 cm³/mol. The van der Waals surface area contributed by atoms with Crippen molar-refractivity contribution < 1.29 is 43.3 Å². The Morgan fingerprint density at radius 2 is 1.64 bits per heavy atom. The molecular weight excluding hydrogens is 968 g/mol. The number of phenolic OH excluding ortho intramolecular Hbond substituents is 1. The highest BCUT2D eigenvalue weighted by Gasteiger charge is 2.33. The summed E-state index contributed by atoms with van der Waals surface area (Å²) in [6, 6.07) is 6.07. The summed E-state index contributed by atoms with van der Waals surface area (Å²) in [4.78, 5) is 59.6. The first-order chi connectivity index (χ1) is 18.4. The van der Waals surface area contributed by atoms with Crippen LogP contribution in [0.5, 0.6) is 17.2 Å². The molecule has 0 bridgehead atoms. The minimum atomic E-state index is -1.20. The molecule has 0 aliphatic carbocycles. The van der Waals surface area contributed by atoms with E-state index in [1.807, 2.05) is 62.6 Å². The summed E-state index contributed by atoms with van der Waals surface area (Å²) >= 11 is 8.28. The fourth-order valence-corrected chi connectivity index (χ4v) is 7.27. The Balaban J connectivity index is 1.63. The van der Waals surface area contributed by atoms with Crippen molar-refractivity contribution in [2.75, 3.05) is 7.11 Å². The van der Waals surface area contributed by atoms with Crippen LogP contribution in [-0.4, -0.2) is 54.0 Å². The molecule has 1 fully saturated rings. The van der Waals surface area contributed by atoms with Crippen molar-refractivity contribution >= 4 is 120 Å². The number of carbonyl (C=O) groups excluding carboxylic acids is 5. The van der Waals surface area contributed by atoms with E-state index in [2.05, 4.69) is 50.5 Å². The summed E-state index contributed by atoms with van der Waals surface area (Å²) in [5.74, 6) is -1.94. The third-order valence-corrected chi connectivity index (χ3v) is 8.53. The minimum Gasteiger partial charge on any atom is -0.506 e. The molecule has 2 atom stereocenters. The highest BCUT2D eigenvalue weighted by atomic mass is 127. The number of aromatic hydroxyl groups is 1. The van der Waals surface area contributed by atoms with E-state index in [1.165, 1.54) is 7.11 Å². The number of rotatable bonds is 10. The standard InChI is InChI=1S/C24H20I4N2O9/c1-37-24(36)16(29-18(31)2-3-20(33)39-17-9-19(32)30-23(17)35)6-10-4-14(27)22(15(28)5-10)38-11-7-12(25)21(34)13(26)8-11/h4-5,7-8,16-17,34H,2-3,6,9H2,1H3,(H,29,31)(H,30,32,35)/t16-,17?/m0/s1. The van der Waals surface area contributed by atoms with E-state index in [0.717, 1.165) is 12.7 Å². The van der Waals surface area contributed by atoms with Gasteiger partial charge in [0.25, 0.3) is 5.91 Å². The number of amides is 3. The first-order valence-electron chi connectivity index (χ1n) is 11.1. The Morgan fingerprint density at radius 3 is 2.18 bits per heavy atom. The minimum absolute atomic E-state index is 0.120. The van der Waals surface area contributed by atoms with Gasteiger partial charge in [-0.3, -0.25) is 24.5 Å². The monoisotopic (exact) mass is 988 g/mol. The van der Waals surface area contributed by atoms with E-state index in [1.54, 1.807) is 12.1 Å². The third-order valence-electron chi connectivity index (χ3n) is 5.28. The van der Waals surface area contributed by atoms with Gasteiger partial charge in [-0.15, -0.1) is 0 Å². The first kappa shape index (κ1) is 32.0. The predicted octanol–water partition coefficient (Wildman–Crippen LogP) is 3.54. The number of phenols is 1. The van der Waals surface area contributed by atoms with Crippen LogP contribution in [0.25, 0.3) is 0 Å². The molecule has 3 N–H and O–H groups in total. The Kier molecular flexibility index (Phi) is 11.8. The maximum Gasteiger partial charge on any atom is 0.328 e. The molecule has 3 amide bonds. The van der Waals surface area contributed by atoms with Crippen molar-refractivity contribution in [1.82, 2.24) is 10.6 Å². The Labute approximate surface area is 277 Å². The number of methoxy groups -OCH3 is 1. The average Bonchev–Trinajstić information content (AvgIpc) is 3.18. The van der Waals surface area contributed by atoms with Gasteiger partial charge in [0.05, 0.1) is 34.2 Å². The molecular formula is C24H20I4N2O9. The molecule has 1 unspecified atom stereocenters. The molecule has 2 aromatic rings. The normalized spacial score (nSPS) is 15.4. The Hall–Kier alpha value is -1.49. The van der Waals surface area contributed by atoms with Crippen molar-refractivity contribution in [1.29, 1.82) is 0 Å². The van der Waals surface area contributed by atoms with E-state index >= 15 is 0 Å². The fourth-order valence-electron chi connectivity index (χ4n) is 3.44. The zero-order chi connectivity index (χ0) is 28.9. The molecule has 0 spiro atoms. The molecule has 1 aliphatic heterocycles. The molecule has 1 aliphatic rings. The van der Waals surface area contributed by atoms with Gasteiger partial charge >= 0.3 is 11.9 Å². The maximum absolute atomic E-state index is 12.5. The van der Waals surface area contributed by atoms with Crippen LogP contribution in [0.3, 0.4) is 0 Å². The zero-order valence-corrected chi connectivity index (χ0v) is 28.6. The summed E-state index contributed by atoms with van der Waals surface area (Å²) in [6.07, 6.45) is -1.96. The molecule has 15 heteroatoms. The quantitative estimate of drug-likeness (QED) is 0.184. The van der Waals surface area contributed by atoms with E-state index < -0.39 is 41.8 Å². The van der Waals surface area contributed by atoms with Crippen molar-refractivity contribution in [3.8, 4) is 17.2 Å². The largest absolute Gasteiger partial charge is 0.506 e. The molecule has 11 nitrogen and oxygen atoms in total. The summed E-state index contributed by atoms with van der Waals surface area (Å²) in [6.45, 7) is 0. The van der Waals surface area contributed by atoms with Crippen LogP contribution in [-0.2, 0) is 39.9 Å². The number of ether oxygens (including phenoxy) is 3. The Morgan fingerprint density at radius 1 is 1.03 bits per heavy atom. The number of benzene rings is 2. The molecule has 0 aromatic heterocycles. The van der Waals surface area contributed by atoms with Crippen LogP contribution in [0, 0.1) is 14.3 Å².